The van der Waals surface area contributed by atoms with E-state index in [1.54, 1.807) is 0 Å². The summed E-state index contributed by atoms with van der Waals surface area (Å²) in [7, 11) is 0. The lowest BCUT2D eigenvalue weighted by Gasteiger charge is -2.27. The van der Waals surface area contributed by atoms with Crippen LogP contribution in [0.1, 0.15) is 18.2 Å². The molecule has 7 aromatic carbocycles. The number of rotatable bonds is 5. The van der Waals surface area contributed by atoms with Gasteiger partial charge in [0.2, 0.25) is 0 Å². The van der Waals surface area contributed by atoms with E-state index in [2.05, 4.69) is 192 Å². The number of para-hydroxylation sites is 1. The molecule has 0 amide bonds. The van der Waals surface area contributed by atoms with E-state index < -0.39 is 0 Å². The fourth-order valence-electron chi connectivity index (χ4n) is 8.58. The fraction of sp³-hybridized carbons (Fsp3) is 0.0600. The van der Waals surface area contributed by atoms with Gasteiger partial charge in [0.25, 0.3) is 0 Å². The predicted molar refractivity (Wildman–Crippen MR) is 222 cm³/mol. The van der Waals surface area contributed by atoms with E-state index >= 15 is 0 Å². The summed E-state index contributed by atoms with van der Waals surface area (Å²) < 4.78 is 9.14. The fourth-order valence-corrected chi connectivity index (χ4v) is 8.58. The summed E-state index contributed by atoms with van der Waals surface area (Å²) >= 11 is 0. The zero-order chi connectivity index (χ0) is 35.6. The first-order valence-corrected chi connectivity index (χ1v) is 18.7. The summed E-state index contributed by atoms with van der Waals surface area (Å²) in [6.45, 7) is 0. The number of nitrogens with zero attached hydrogens (tertiary/aromatic N) is 2. The van der Waals surface area contributed by atoms with Crippen LogP contribution in [0, 0.1) is 5.92 Å². The molecule has 1 aliphatic heterocycles. The van der Waals surface area contributed by atoms with Gasteiger partial charge in [-0.25, -0.2) is 0 Å². The van der Waals surface area contributed by atoms with Crippen LogP contribution in [0.15, 0.2) is 191 Å². The van der Waals surface area contributed by atoms with Crippen molar-refractivity contribution in [2.45, 2.75) is 12.6 Å². The van der Waals surface area contributed by atoms with Gasteiger partial charge in [-0.1, -0.05) is 140 Å². The van der Waals surface area contributed by atoms with Gasteiger partial charge in [0, 0.05) is 55.7 Å². The summed E-state index contributed by atoms with van der Waals surface area (Å²) in [5.74, 6) is 0.271. The Kier molecular flexibility index (Phi) is 7.02. The summed E-state index contributed by atoms with van der Waals surface area (Å²) in [5.41, 5.74) is 12.2. The molecule has 4 heteroatoms. The van der Waals surface area contributed by atoms with Crippen LogP contribution in [0.3, 0.4) is 0 Å². The molecule has 0 saturated heterocycles. The lowest BCUT2D eigenvalue weighted by Crippen LogP contribution is -2.41. The minimum atomic E-state index is -0.247. The van der Waals surface area contributed by atoms with Crippen LogP contribution in [0.25, 0.3) is 77.4 Å². The molecule has 0 radical (unpaired) electrons. The normalized spacial score (nSPS) is 16.6. The lowest BCUT2D eigenvalue weighted by atomic mass is 9.93. The Morgan fingerprint density at radius 2 is 1.26 bits per heavy atom. The molecular formula is C50H35N3O. The highest BCUT2D eigenvalue weighted by Crippen LogP contribution is 2.40. The molecule has 0 spiro atoms. The smallest absolute Gasteiger partial charge is 0.145 e. The van der Waals surface area contributed by atoms with Crippen molar-refractivity contribution in [2.75, 3.05) is 0 Å². The van der Waals surface area contributed by atoms with Gasteiger partial charge in [0.1, 0.15) is 17.3 Å². The average Bonchev–Trinajstić information content (AvgIpc) is 3.78. The maximum Gasteiger partial charge on any atom is 0.145 e. The van der Waals surface area contributed by atoms with Gasteiger partial charge < -0.3 is 14.3 Å². The molecule has 2 atom stereocenters. The zero-order valence-corrected chi connectivity index (χ0v) is 29.5. The number of nitrogens with one attached hydrogen (secondary N) is 1. The SMILES string of the molecule is C1=CCC(C2=c3ccccc3=NC(c3cccc4oc5cc(-n6c7cc(-c8ccccc8)ccc7c7ccc(-c8ccccc8)cc76)ccc5c34)N2)C=C1. The van der Waals surface area contributed by atoms with Crippen LogP contribution in [0.5, 0.6) is 0 Å². The molecule has 4 nitrogen and oxygen atoms in total. The Labute approximate surface area is 312 Å². The first-order chi connectivity index (χ1) is 26.8. The maximum atomic E-state index is 6.74. The molecule has 9 aromatic rings. The molecule has 54 heavy (non-hydrogen) atoms. The van der Waals surface area contributed by atoms with E-state index in [0.717, 1.165) is 56.0 Å². The van der Waals surface area contributed by atoms with Crippen molar-refractivity contribution in [3.05, 3.63) is 198 Å². The summed E-state index contributed by atoms with van der Waals surface area (Å²) in [6.07, 6.45) is 9.53. The number of fused-ring (bicyclic) bond motifs is 7. The Balaban J connectivity index is 1.09. The van der Waals surface area contributed by atoms with Crippen molar-refractivity contribution >= 4 is 49.4 Å². The third-order valence-electron chi connectivity index (χ3n) is 11.2. The van der Waals surface area contributed by atoms with Crippen LogP contribution < -0.4 is 15.9 Å². The van der Waals surface area contributed by atoms with Crippen molar-refractivity contribution in [3.63, 3.8) is 0 Å². The van der Waals surface area contributed by atoms with E-state index in [9.17, 15) is 0 Å². The number of benzene rings is 7. The van der Waals surface area contributed by atoms with Crippen LogP contribution in [0.2, 0.25) is 0 Å². The molecule has 2 unspecified atom stereocenters. The van der Waals surface area contributed by atoms with E-state index in [4.69, 9.17) is 9.41 Å². The number of allylic oxidation sites excluding steroid dienone is 3. The highest BCUT2D eigenvalue weighted by Gasteiger charge is 2.25. The second-order valence-corrected chi connectivity index (χ2v) is 14.3. The Morgan fingerprint density at radius 1 is 0.574 bits per heavy atom. The number of hydrogen-bond acceptors (Lipinski definition) is 3. The summed E-state index contributed by atoms with van der Waals surface area (Å²) in [5, 5.41) is 10.7. The maximum absolute atomic E-state index is 6.74. The number of furan rings is 1. The van der Waals surface area contributed by atoms with Crippen LogP contribution in [-0.4, -0.2) is 4.57 Å². The van der Waals surface area contributed by atoms with Crippen molar-refractivity contribution in [3.8, 4) is 27.9 Å². The Morgan fingerprint density at radius 3 is 1.96 bits per heavy atom. The lowest BCUT2D eigenvalue weighted by molar-refractivity contribution is 0.598. The van der Waals surface area contributed by atoms with Crippen LogP contribution in [-0.2, 0) is 0 Å². The molecule has 11 rings (SSSR count). The highest BCUT2D eigenvalue weighted by molar-refractivity contribution is 6.12. The molecular weight excluding hydrogens is 659 g/mol. The van der Waals surface area contributed by atoms with Crippen molar-refractivity contribution in [2.24, 2.45) is 10.9 Å². The second-order valence-electron chi connectivity index (χ2n) is 14.3. The van der Waals surface area contributed by atoms with Gasteiger partial charge in [0.05, 0.1) is 16.4 Å². The van der Waals surface area contributed by atoms with Gasteiger partial charge in [-0.3, -0.25) is 4.99 Å². The first-order valence-electron chi connectivity index (χ1n) is 18.7. The number of hydrogen-bond donors (Lipinski definition) is 1. The van der Waals surface area contributed by atoms with Crippen molar-refractivity contribution in [1.29, 1.82) is 0 Å². The van der Waals surface area contributed by atoms with Gasteiger partial charge in [-0.05, 0) is 65.1 Å². The first kappa shape index (κ1) is 30.7. The van der Waals surface area contributed by atoms with E-state index in [0.29, 0.717) is 0 Å². The van der Waals surface area contributed by atoms with Gasteiger partial charge in [-0.2, -0.15) is 0 Å². The van der Waals surface area contributed by atoms with E-state index in [1.807, 2.05) is 0 Å². The molecule has 1 aliphatic carbocycles. The molecule has 256 valence electrons. The van der Waals surface area contributed by atoms with Crippen LogP contribution >= 0.6 is 0 Å². The minimum Gasteiger partial charge on any atom is -0.456 e. The van der Waals surface area contributed by atoms with Crippen LogP contribution in [0.4, 0.5) is 0 Å². The number of aromatic nitrogens is 1. The van der Waals surface area contributed by atoms with E-state index in [1.165, 1.54) is 43.9 Å². The topological polar surface area (TPSA) is 42.5 Å². The van der Waals surface area contributed by atoms with Crippen molar-refractivity contribution in [1.82, 2.24) is 9.88 Å². The average molecular weight is 694 g/mol. The molecule has 0 bridgehead atoms. The second kappa shape index (κ2) is 12.4. The molecule has 0 fully saturated rings. The highest BCUT2D eigenvalue weighted by atomic mass is 16.3. The third kappa shape index (κ3) is 4.95. The monoisotopic (exact) mass is 693 g/mol. The molecule has 3 heterocycles. The summed E-state index contributed by atoms with van der Waals surface area (Å²) in [4.78, 5) is 5.27. The molecule has 2 aromatic heterocycles. The molecule has 1 N–H and O–H groups in total. The predicted octanol–water partition coefficient (Wildman–Crippen LogP) is 11.2. The van der Waals surface area contributed by atoms with Gasteiger partial charge in [-0.15, -0.1) is 0 Å². The van der Waals surface area contributed by atoms with Gasteiger partial charge in [0.15, 0.2) is 0 Å². The zero-order valence-electron chi connectivity index (χ0n) is 29.5. The van der Waals surface area contributed by atoms with E-state index in [-0.39, 0.29) is 12.1 Å². The third-order valence-corrected chi connectivity index (χ3v) is 11.2. The standard InChI is InChI=1S/C50H35N3O/c1-4-13-32(14-5-1)35-23-26-38-39-27-24-36(33-15-6-2-7-16-33)30-45(39)53(44(38)29-35)37-25-28-41-47(31-37)54-46-22-12-20-42(48(41)46)50-51-43-21-11-10-19-40(43)49(52-50)34-17-8-3-9-18-34/h1-17,19-31,34,50,52H,18H2. The summed E-state index contributed by atoms with van der Waals surface area (Å²) in [6, 6.07) is 56.4. The van der Waals surface area contributed by atoms with Gasteiger partial charge >= 0.3 is 0 Å². The van der Waals surface area contributed by atoms with Crippen molar-refractivity contribution < 1.29 is 4.42 Å². The Bertz CT molecular complexity index is 3020. The Hall–Kier alpha value is -6.91. The molecule has 2 aliphatic rings. The molecule has 0 saturated carbocycles. The quantitative estimate of drug-likeness (QED) is 0.195. The minimum absolute atomic E-state index is 0.247. The largest absolute Gasteiger partial charge is 0.456 e.